The van der Waals surface area contributed by atoms with Gasteiger partial charge in [0.25, 0.3) is 0 Å². The highest BCUT2D eigenvalue weighted by Gasteiger charge is 2.29. The van der Waals surface area contributed by atoms with Gasteiger partial charge in [0.05, 0.1) is 0 Å². The third-order valence-corrected chi connectivity index (χ3v) is 2.44. The van der Waals surface area contributed by atoms with Crippen molar-refractivity contribution in [1.82, 2.24) is 4.90 Å². The summed E-state index contributed by atoms with van der Waals surface area (Å²) in [5.74, 6) is -0.601. The molecule has 88 valence electrons. The van der Waals surface area contributed by atoms with Crippen molar-refractivity contribution < 1.29 is 10.0 Å². The zero-order valence-electron chi connectivity index (χ0n) is 9.90. The molecule has 0 aliphatic carbocycles. The normalized spacial score (nSPS) is 14.1. The van der Waals surface area contributed by atoms with Crippen LogP contribution in [0.15, 0.2) is 5.16 Å². The summed E-state index contributed by atoms with van der Waals surface area (Å²) >= 11 is 0. The summed E-state index contributed by atoms with van der Waals surface area (Å²) in [5.41, 5.74) is 5.52. The second-order valence-corrected chi connectivity index (χ2v) is 3.76. The van der Waals surface area contributed by atoms with E-state index in [0.29, 0.717) is 13.1 Å². The van der Waals surface area contributed by atoms with Crippen LogP contribution in [-0.2, 0) is 4.79 Å². The lowest BCUT2D eigenvalue weighted by Crippen LogP contribution is -2.44. The van der Waals surface area contributed by atoms with Gasteiger partial charge in [-0.25, -0.2) is 0 Å². The van der Waals surface area contributed by atoms with Gasteiger partial charge in [-0.2, -0.15) is 0 Å². The largest absolute Gasteiger partial charge is 0.409 e. The molecule has 15 heavy (non-hydrogen) atoms. The highest BCUT2D eigenvalue weighted by atomic mass is 16.4. The standard InChI is InChI=1S/C10H21N3O2/c1-5-13(6-2)10(14)8(7(3)4)9(11)12-15/h7-8,15H,5-6H2,1-4H3,(H2,11,12). The van der Waals surface area contributed by atoms with Crippen LogP contribution in [-0.4, -0.2) is 34.9 Å². The Morgan fingerprint density at radius 1 is 1.40 bits per heavy atom. The molecular formula is C10H21N3O2. The third-order valence-electron chi connectivity index (χ3n) is 2.44. The van der Waals surface area contributed by atoms with Gasteiger partial charge >= 0.3 is 0 Å². The van der Waals surface area contributed by atoms with Crippen molar-refractivity contribution in [3.8, 4) is 0 Å². The number of nitrogens with zero attached hydrogens (tertiary/aromatic N) is 2. The summed E-state index contributed by atoms with van der Waals surface area (Å²) in [4.78, 5) is 13.7. The van der Waals surface area contributed by atoms with E-state index in [1.54, 1.807) is 4.90 Å². The maximum atomic E-state index is 12.0. The molecular weight excluding hydrogens is 194 g/mol. The minimum Gasteiger partial charge on any atom is -0.409 e. The van der Waals surface area contributed by atoms with Crippen molar-refractivity contribution in [2.45, 2.75) is 27.7 Å². The van der Waals surface area contributed by atoms with E-state index < -0.39 is 5.92 Å². The van der Waals surface area contributed by atoms with Crippen molar-refractivity contribution in [2.24, 2.45) is 22.7 Å². The first-order valence-electron chi connectivity index (χ1n) is 5.25. The lowest BCUT2D eigenvalue weighted by Gasteiger charge is -2.26. The van der Waals surface area contributed by atoms with Gasteiger partial charge in [0.15, 0.2) is 5.84 Å². The topological polar surface area (TPSA) is 78.9 Å². The molecule has 5 heteroatoms. The Kier molecular flexibility index (Phi) is 5.74. The summed E-state index contributed by atoms with van der Waals surface area (Å²) in [5, 5.41) is 11.6. The second kappa shape index (κ2) is 6.27. The van der Waals surface area contributed by atoms with Gasteiger partial charge in [-0.3, -0.25) is 4.79 Å². The minimum atomic E-state index is -0.533. The van der Waals surface area contributed by atoms with E-state index in [0.717, 1.165) is 0 Å². The predicted octanol–water partition coefficient (Wildman–Crippen LogP) is 0.873. The van der Waals surface area contributed by atoms with E-state index in [1.165, 1.54) is 0 Å². The Morgan fingerprint density at radius 3 is 2.13 bits per heavy atom. The molecule has 0 aliphatic heterocycles. The molecule has 0 bridgehead atoms. The molecule has 3 N–H and O–H groups in total. The number of amidine groups is 1. The van der Waals surface area contributed by atoms with Crippen LogP contribution >= 0.6 is 0 Å². The lowest BCUT2D eigenvalue weighted by atomic mass is 9.93. The smallest absolute Gasteiger partial charge is 0.233 e. The summed E-state index contributed by atoms with van der Waals surface area (Å²) in [7, 11) is 0. The first-order chi connectivity index (χ1) is 6.99. The number of carbonyl (C=O) groups excluding carboxylic acids is 1. The van der Waals surface area contributed by atoms with Crippen LogP contribution in [0.5, 0.6) is 0 Å². The molecule has 1 atom stereocenters. The van der Waals surface area contributed by atoms with Crippen LogP contribution in [0, 0.1) is 11.8 Å². The molecule has 0 radical (unpaired) electrons. The zero-order chi connectivity index (χ0) is 12.0. The van der Waals surface area contributed by atoms with Crippen LogP contribution in [0.25, 0.3) is 0 Å². The number of hydrogen-bond acceptors (Lipinski definition) is 3. The number of carbonyl (C=O) groups is 1. The van der Waals surface area contributed by atoms with E-state index in [4.69, 9.17) is 10.9 Å². The maximum Gasteiger partial charge on any atom is 0.233 e. The molecule has 0 fully saturated rings. The molecule has 1 amide bonds. The first kappa shape index (κ1) is 13.7. The van der Waals surface area contributed by atoms with Crippen molar-refractivity contribution in [1.29, 1.82) is 0 Å². The quantitative estimate of drug-likeness (QED) is 0.309. The van der Waals surface area contributed by atoms with Crippen molar-refractivity contribution in [2.75, 3.05) is 13.1 Å². The van der Waals surface area contributed by atoms with Crippen LogP contribution < -0.4 is 5.73 Å². The molecule has 0 rings (SSSR count). The van der Waals surface area contributed by atoms with E-state index in [1.807, 2.05) is 27.7 Å². The molecule has 5 nitrogen and oxygen atoms in total. The highest BCUT2D eigenvalue weighted by molar-refractivity contribution is 6.02. The third kappa shape index (κ3) is 3.42. The fourth-order valence-corrected chi connectivity index (χ4v) is 1.55. The maximum absolute atomic E-state index is 12.0. The number of amides is 1. The lowest BCUT2D eigenvalue weighted by molar-refractivity contribution is -0.134. The molecule has 0 spiro atoms. The summed E-state index contributed by atoms with van der Waals surface area (Å²) < 4.78 is 0. The Labute approximate surface area is 90.9 Å². The van der Waals surface area contributed by atoms with Crippen molar-refractivity contribution in [3.63, 3.8) is 0 Å². The first-order valence-corrected chi connectivity index (χ1v) is 5.25. The molecule has 0 aromatic carbocycles. The summed E-state index contributed by atoms with van der Waals surface area (Å²) in [6, 6.07) is 0. The van der Waals surface area contributed by atoms with E-state index in [-0.39, 0.29) is 17.7 Å². The van der Waals surface area contributed by atoms with Crippen LogP contribution in [0.3, 0.4) is 0 Å². The Hall–Kier alpha value is -1.26. The van der Waals surface area contributed by atoms with Gasteiger partial charge < -0.3 is 15.8 Å². The average molecular weight is 215 g/mol. The van der Waals surface area contributed by atoms with E-state index in [9.17, 15) is 4.79 Å². The Bertz CT molecular complexity index is 235. The van der Waals surface area contributed by atoms with Crippen LogP contribution in [0.4, 0.5) is 0 Å². The molecule has 0 aromatic rings. The SMILES string of the molecule is CCN(CC)C(=O)C(C(N)=NO)C(C)C. The second-order valence-electron chi connectivity index (χ2n) is 3.76. The van der Waals surface area contributed by atoms with Gasteiger partial charge in [0.2, 0.25) is 5.91 Å². The highest BCUT2D eigenvalue weighted by Crippen LogP contribution is 2.14. The molecule has 0 aromatic heterocycles. The molecule has 0 saturated heterocycles. The Balaban J connectivity index is 4.85. The Morgan fingerprint density at radius 2 is 1.87 bits per heavy atom. The predicted molar refractivity (Wildman–Crippen MR) is 59.7 cm³/mol. The van der Waals surface area contributed by atoms with Gasteiger partial charge in [-0.15, -0.1) is 0 Å². The molecule has 1 unspecified atom stereocenters. The number of rotatable bonds is 5. The van der Waals surface area contributed by atoms with Gasteiger partial charge in [0.1, 0.15) is 5.92 Å². The zero-order valence-corrected chi connectivity index (χ0v) is 9.90. The van der Waals surface area contributed by atoms with E-state index >= 15 is 0 Å². The monoisotopic (exact) mass is 215 g/mol. The molecule has 0 saturated carbocycles. The number of nitrogens with two attached hydrogens (primary N) is 1. The molecule has 0 aliphatic rings. The number of hydrogen-bond donors (Lipinski definition) is 2. The summed E-state index contributed by atoms with van der Waals surface area (Å²) in [6.07, 6.45) is 0. The fraction of sp³-hybridized carbons (Fsp3) is 0.800. The summed E-state index contributed by atoms with van der Waals surface area (Å²) in [6.45, 7) is 8.85. The van der Waals surface area contributed by atoms with Crippen LogP contribution in [0.1, 0.15) is 27.7 Å². The van der Waals surface area contributed by atoms with Crippen molar-refractivity contribution in [3.05, 3.63) is 0 Å². The van der Waals surface area contributed by atoms with Gasteiger partial charge in [-0.1, -0.05) is 19.0 Å². The average Bonchev–Trinajstić information content (AvgIpc) is 2.19. The van der Waals surface area contributed by atoms with E-state index in [2.05, 4.69) is 5.16 Å². The van der Waals surface area contributed by atoms with Crippen LogP contribution in [0.2, 0.25) is 0 Å². The fourth-order valence-electron chi connectivity index (χ4n) is 1.55. The van der Waals surface area contributed by atoms with Gasteiger partial charge in [-0.05, 0) is 19.8 Å². The van der Waals surface area contributed by atoms with Gasteiger partial charge in [0, 0.05) is 13.1 Å². The number of oxime groups is 1. The molecule has 0 heterocycles. The minimum absolute atomic E-state index is 0.0121. The van der Waals surface area contributed by atoms with Crippen molar-refractivity contribution >= 4 is 11.7 Å².